The number of hydrogen-bond acceptors (Lipinski definition) is 3. The molecule has 3 nitrogen and oxygen atoms in total. The predicted octanol–water partition coefficient (Wildman–Crippen LogP) is 2.85. The van der Waals surface area contributed by atoms with Gasteiger partial charge in [-0.25, -0.2) is 0 Å². The van der Waals surface area contributed by atoms with Crippen LogP contribution in [0.1, 0.15) is 5.56 Å². The molecule has 0 aliphatic heterocycles. The molecule has 2 aromatic carbocycles. The Morgan fingerprint density at radius 3 is 2.38 bits per heavy atom. The van der Waals surface area contributed by atoms with Gasteiger partial charge in [0.15, 0.2) is 11.5 Å². The number of para-hydroxylation sites is 2. The predicted molar refractivity (Wildman–Crippen MR) is 63.5 cm³/mol. The molecule has 0 amide bonds. The summed E-state index contributed by atoms with van der Waals surface area (Å²) < 4.78 is 0. The summed E-state index contributed by atoms with van der Waals surface area (Å²) in [6, 6.07) is 14.2. The lowest BCUT2D eigenvalue weighted by atomic mass is 10.2. The second kappa shape index (κ2) is 4.49. The standard InChI is InChI=1S/C13H11NO2/c15-12-8-4-5-10(13(12)16)9-14-11-6-2-1-3-7-11/h1-9,15-16H. The maximum atomic E-state index is 9.53. The minimum atomic E-state index is -0.151. The molecule has 2 N–H and O–H groups in total. The van der Waals surface area contributed by atoms with Crippen molar-refractivity contribution >= 4 is 11.9 Å². The fraction of sp³-hybridized carbons (Fsp3) is 0. The Bertz CT molecular complexity index is 507. The highest BCUT2D eigenvalue weighted by molar-refractivity contribution is 5.86. The highest BCUT2D eigenvalue weighted by Crippen LogP contribution is 2.27. The third kappa shape index (κ3) is 2.20. The van der Waals surface area contributed by atoms with Gasteiger partial charge in [0.05, 0.1) is 5.69 Å². The van der Waals surface area contributed by atoms with Crippen molar-refractivity contribution in [1.82, 2.24) is 0 Å². The van der Waals surface area contributed by atoms with Gasteiger partial charge in [0.1, 0.15) is 0 Å². The number of hydrogen-bond donors (Lipinski definition) is 2. The summed E-state index contributed by atoms with van der Waals surface area (Å²) in [7, 11) is 0. The molecule has 0 saturated heterocycles. The summed E-state index contributed by atoms with van der Waals surface area (Å²) in [6.07, 6.45) is 1.52. The van der Waals surface area contributed by atoms with Gasteiger partial charge in [0.2, 0.25) is 0 Å². The molecule has 0 aliphatic rings. The van der Waals surface area contributed by atoms with Gasteiger partial charge < -0.3 is 10.2 Å². The van der Waals surface area contributed by atoms with Crippen LogP contribution in [0, 0.1) is 0 Å². The molecule has 0 saturated carbocycles. The van der Waals surface area contributed by atoms with Crippen molar-refractivity contribution in [2.45, 2.75) is 0 Å². The van der Waals surface area contributed by atoms with E-state index in [-0.39, 0.29) is 11.5 Å². The lowest BCUT2D eigenvalue weighted by molar-refractivity contribution is 0.403. The Balaban J connectivity index is 2.28. The average Bonchev–Trinajstić information content (AvgIpc) is 2.32. The van der Waals surface area contributed by atoms with E-state index >= 15 is 0 Å². The van der Waals surface area contributed by atoms with Crippen molar-refractivity contribution in [3.05, 3.63) is 54.1 Å². The average molecular weight is 213 g/mol. The molecule has 0 heterocycles. The van der Waals surface area contributed by atoms with Crippen molar-refractivity contribution < 1.29 is 10.2 Å². The maximum absolute atomic E-state index is 9.53. The molecule has 2 aromatic rings. The number of nitrogens with zero attached hydrogens (tertiary/aromatic N) is 1. The molecular formula is C13H11NO2. The molecule has 0 atom stereocenters. The summed E-state index contributed by atoms with van der Waals surface area (Å²) in [5.74, 6) is -0.292. The third-order valence-electron chi connectivity index (χ3n) is 2.15. The quantitative estimate of drug-likeness (QED) is 0.595. The molecule has 16 heavy (non-hydrogen) atoms. The molecule has 2 rings (SSSR count). The van der Waals surface area contributed by atoms with Crippen molar-refractivity contribution in [2.75, 3.05) is 0 Å². The van der Waals surface area contributed by atoms with Gasteiger partial charge in [-0.15, -0.1) is 0 Å². The van der Waals surface area contributed by atoms with E-state index in [4.69, 9.17) is 0 Å². The van der Waals surface area contributed by atoms with E-state index in [1.807, 2.05) is 30.3 Å². The van der Waals surface area contributed by atoms with E-state index in [9.17, 15) is 10.2 Å². The Kier molecular flexibility index (Phi) is 2.87. The summed E-state index contributed by atoms with van der Waals surface area (Å²) in [5.41, 5.74) is 1.29. The molecule has 0 aliphatic carbocycles. The molecule has 0 aromatic heterocycles. The Morgan fingerprint density at radius 1 is 0.875 bits per heavy atom. The number of phenols is 2. The highest BCUT2D eigenvalue weighted by atomic mass is 16.3. The van der Waals surface area contributed by atoms with Crippen molar-refractivity contribution in [3.8, 4) is 11.5 Å². The smallest absolute Gasteiger partial charge is 0.166 e. The van der Waals surface area contributed by atoms with Crippen molar-refractivity contribution in [3.63, 3.8) is 0 Å². The Hall–Kier alpha value is -2.29. The van der Waals surface area contributed by atoms with Gasteiger partial charge in [-0.05, 0) is 24.3 Å². The van der Waals surface area contributed by atoms with Crippen LogP contribution in [-0.2, 0) is 0 Å². The van der Waals surface area contributed by atoms with Crippen LogP contribution in [-0.4, -0.2) is 16.4 Å². The van der Waals surface area contributed by atoms with Crippen LogP contribution in [0.25, 0.3) is 0 Å². The van der Waals surface area contributed by atoms with Crippen molar-refractivity contribution in [2.24, 2.45) is 4.99 Å². The van der Waals surface area contributed by atoms with E-state index in [0.29, 0.717) is 5.56 Å². The third-order valence-corrected chi connectivity index (χ3v) is 2.15. The molecule has 0 bridgehead atoms. The van der Waals surface area contributed by atoms with Gasteiger partial charge in [-0.3, -0.25) is 4.99 Å². The number of phenolic OH excluding ortho intramolecular Hbond substituents is 2. The first-order valence-electron chi connectivity index (χ1n) is 4.87. The van der Waals surface area contributed by atoms with Crippen LogP contribution in [0.5, 0.6) is 11.5 Å². The van der Waals surface area contributed by atoms with Gasteiger partial charge in [-0.2, -0.15) is 0 Å². The van der Waals surface area contributed by atoms with Gasteiger partial charge in [-0.1, -0.05) is 24.3 Å². The SMILES string of the molecule is Oc1cccc(C=Nc2ccccc2)c1O. The van der Waals surface area contributed by atoms with E-state index in [1.165, 1.54) is 12.3 Å². The van der Waals surface area contributed by atoms with E-state index in [2.05, 4.69) is 4.99 Å². The zero-order chi connectivity index (χ0) is 11.4. The maximum Gasteiger partial charge on any atom is 0.166 e. The Morgan fingerprint density at radius 2 is 1.62 bits per heavy atom. The Labute approximate surface area is 93.3 Å². The lowest BCUT2D eigenvalue weighted by Crippen LogP contribution is -1.81. The van der Waals surface area contributed by atoms with Crippen LogP contribution in [0.15, 0.2) is 53.5 Å². The van der Waals surface area contributed by atoms with E-state index in [0.717, 1.165) is 5.69 Å². The van der Waals surface area contributed by atoms with Crippen molar-refractivity contribution in [1.29, 1.82) is 0 Å². The first-order valence-corrected chi connectivity index (χ1v) is 4.87. The number of benzene rings is 2. The number of aliphatic imine (C=N–C) groups is 1. The summed E-state index contributed by atoms with van der Waals surface area (Å²) >= 11 is 0. The van der Waals surface area contributed by atoms with Crippen LogP contribution >= 0.6 is 0 Å². The minimum Gasteiger partial charge on any atom is -0.504 e. The highest BCUT2D eigenvalue weighted by Gasteiger charge is 2.02. The zero-order valence-electron chi connectivity index (χ0n) is 8.54. The molecule has 80 valence electrons. The normalized spacial score (nSPS) is 10.8. The molecule has 3 heteroatoms. The molecule has 0 fully saturated rings. The van der Waals surface area contributed by atoms with Gasteiger partial charge in [0.25, 0.3) is 0 Å². The number of aromatic hydroxyl groups is 2. The summed E-state index contributed by atoms with van der Waals surface area (Å²) in [4.78, 5) is 4.18. The summed E-state index contributed by atoms with van der Waals surface area (Å²) in [5, 5.41) is 18.8. The zero-order valence-corrected chi connectivity index (χ0v) is 8.54. The lowest BCUT2D eigenvalue weighted by Gasteiger charge is -2.00. The largest absolute Gasteiger partial charge is 0.504 e. The first kappa shape index (κ1) is 10.2. The van der Waals surface area contributed by atoms with Gasteiger partial charge >= 0.3 is 0 Å². The molecule has 0 unspecified atom stereocenters. The molecule has 0 spiro atoms. The fourth-order valence-electron chi connectivity index (χ4n) is 1.31. The monoisotopic (exact) mass is 213 g/mol. The first-order chi connectivity index (χ1) is 7.77. The second-order valence-electron chi connectivity index (χ2n) is 3.31. The molecule has 0 radical (unpaired) electrons. The molecular weight excluding hydrogens is 202 g/mol. The second-order valence-corrected chi connectivity index (χ2v) is 3.31. The van der Waals surface area contributed by atoms with Crippen LogP contribution in [0.4, 0.5) is 5.69 Å². The number of rotatable bonds is 2. The minimum absolute atomic E-state index is 0.142. The van der Waals surface area contributed by atoms with Gasteiger partial charge in [0, 0.05) is 11.8 Å². The van der Waals surface area contributed by atoms with Crippen LogP contribution < -0.4 is 0 Å². The van der Waals surface area contributed by atoms with Crippen LogP contribution in [0.2, 0.25) is 0 Å². The van der Waals surface area contributed by atoms with E-state index in [1.54, 1.807) is 12.1 Å². The van der Waals surface area contributed by atoms with Crippen LogP contribution in [0.3, 0.4) is 0 Å². The fourth-order valence-corrected chi connectivity index (χ4v) is 1.31. The topological polar surface area (TPSA) is 52.8 Å². The summed E-state index contributed by atoms with van der Waals surface area (Å²) in [6.45, 7) is 0. The van der Waals surface area contributed by atoms with E-state index < -0.39 is 0 Å².